The molecule has 0 atom stereocenters. The van der Waals surface area contributed by atoms with Crippen LogP contribution in [0.2, 0.25) is 0 Å². The van der Waals surface area contributed by atoms with Gasteiger partial charge < -0.3 is 15.5 Å². The minimum Gasteiger partial charge on any atom is -0.507 e. The summed E-state index contributed by atoms with van der Waals surface area (Å²) in [7, 11) is 0. The molecule has 1 aromatic heterocycles. The van der Waals surface area contributed by atoms with Crippen LogP contribution >= 0.6 is 0 Å². The summed E-state index contributed by atoms with van der Waals surface area (Å²) in [5, 5.41) is 21.7. The Morgan fingerprint density at radius 3 is 2.38 bits per heavy atom. The predicted molar refractivity (Wildman–Crippen MR) is 95.9 cm³/mol. The number of nitrogens with zero attached hydrogens (tertiary/aromatic N) is 1. The monoisotopic (exact) mass is 348 g/mol. The molecule has 0 aliphatic heterocycles. The molecule has 0 spiro atoms. The Hall–Kier alpha value is -3.67. The Morgan fingerprint density at radius 1 is 0.962 bits per heavy atom. The third kappa shape index (κ3) is 3.70. The number of para-hydroxylation sites is 1. The fraction of sp³-hybridized carbons (Fsp3) is 0.0500. The molecule has 3 aromatic rings. The summed E-state index contributed by atoms with van der Waals surface area (Å²) in [6.07, 6.45) is 1.70. The molecule has 1 amide bonds. The van der Waals surface area contributed by atoms with Gasteiger partial charge in [-0.05, 0) is 30.3 Å². The topological polar surface area (TPSA) is 99.5 Å². The number of carboxylic acids is 1. The summed E-state index contributed by atoms with van der Waals surface area (Å²) in [4.78, 5) is 27.6. The van der Waals surface area contributed by atoms with Crippen molar-refractivity contribution in [1.29, 1.82) is 0 Å². The first-order valence-corrected chi connectivity index (χ1v) is 7.90. The third-order valence-electron chi connectivity index (χ3n) is 3.90. The highest BCUT2D eigenvalue weighted by atomic mass is 16.4. The van der Waals surface area contributed by atoms with E-state index in [-0.39, 0.29) is 23.8 Å². The zero-order chi connectivity index (χ0) is 18.5. The highest BCUT2D eigenvalue weighted by Gasteiger charge is 2.14. The van der Waals surface area contributed by atoms with Gasteiger partial charge >= 0.3 is 5.97 Å². The van der Waals surface area contributed by atoms with Crippen molar-refractivity contribution < 1.29 is 19.8 Å². The number of carbonyl (C=O) groups is 2. The summed E-state index contributed by atoms with van der Waals surface area (Å²) in [5.41, 5.74) is 2.31. The number of aromatic nitrogens is 1. The van der Waals surface area contributed by atoms with Crippen LogP contribution in [0.25, 0.3) is 11.3 Å². The van der Waals surface area contributed by atoms with E-state index in [1.165, 1.54) is 12.1 Å². The molecule has 0 radical (unpaired) electrons. The van der Waals surface area contributed by atoms with Crippen molar-refractivity contribution >= 4 is 11.9 Å². The van der Waals surface area contributed by atoms with E-state index in [0.29, 0.717) is 11.1 Å². The molecule has 0 fully saturated rings. The van der Waals surface area contributed by atoms with Crippen molar-refractivity contribution in [2.45, 2.75) is 6.54 Å². The van der Waals surface area contributed by atoms with Crippen molar-refractivity contribution in [2.75, 3.05) is 0 Å². The van der Waals surface area contributed by atoms with Crippen LogP contribution in [-0.2, 0) is 6.54 Å². The van der Waals surface area contributed by atoms with Crippen LogP contribution in [0, 0.1) is 0 Å². The lowest BCUT2D eigenvalue weighted by atomic mass is 10.1. The molecule has 1 heterocycles. The maximum Gasteiger partial charge on any atom is 0.339 e. The average Bonchev–Trinajstić information content (AvgIpc) is 2.67. The van der Waals surface area contributed by atoms with Crippen LogP contribution in [0.1, 0.15) is 26.3 Å². The quantitative estimate of drug-likeness (QED) is 0.658. The Balaban J connectivity index is 1.69. The van der Waals surface area contributed by atoms with Gasteiger partial charge in [-0.15, -0.1) is 0 Å². The first kappa shape index (κ1) is 17.2. The molecule has 0 saturated heterocycles. The fourth-order valence-electron chi connectivity index (χ4n) is 2.51. The molecule has 0 aliphatic carbocycles. The number of aromatic hydroxyl groups is 1. The van der Waals surface area contributed by atoms with E-state index in [1.807, 2.05) is 18.2 Å². The van der Waals surface area contributed by atoms with Gasteiger partial charge in [0.15, 0.2) is 0 Å². The summed E-state index contributed by atoms with van der Waals surface area (Å²) in [6.45, 7) is 0.0216. The van der Waals surface area contributed by atoms with Gasteiger partial charge in [-0.2, -0.15) is 0 Å². The maximum absolute atomic E-state index is 12.3. The van der Waals surface area contributed by atoms with Crippen molar-refractivity contribution in [3.8, 4) is 17.0 Å². The third-order valence-corrected chi connectivity index (χ3v) is 3.90. The average molecular weight is 348 g/mol. The van der Waals surface area contributed by atoms with Crippen LogP contribution in [0.15, 0.2) is 66.9 Å². The molecule has 2 aromatic carbocycles. The second-order valence-electron chi connectivity index (χ2n) is 5.59. The molecule has 130 valence electrons. The summed E-state index contributed by atoms with van der Waals surface area (Å²) in [6, 6.07) is 17.0. The van der Waals surface area contributed by atoms with E-state index < -0.39 is 5.97 Å². The first-order chi connectivity index (χ1) is 12.6. The van der Waals surface area contributed by atoms with Gasteiger partial charge in [0, 0.05) is 29.4 Å². The lowest BCUT2D eigenvalue weighted by molar-refractivity contribution is 0.0693. The number of benzene rings is 2. The van der Waals surface area contributed by atoms with Gasteiger partial charge in [0.1, 0.15) is 11.3 Å². The van der Waals surface area contributed by atoms with Crippen molar-refractivity contribution in [1.82, 2.24) is 10.3 Å². The van der Waals surface area contributed by atoms with E-state index in [1.54, 1.807) is 36.5 Å². The number of hydrogen-bond donors (Lipinski definition) is 3. The SMILES string of the molecule is O=C(NCc1cccc(C(=O)O)c1O)c1ccc(-c2ccccn2)cc1. The van der Waals surface area contributed by atoms with Gasteiger partial charge in [-0.25, -0.2) is 4.79 Å². The smallest absolute Gasteiger partial charge is 0.339 e. The Labute approximate surface area is 149 Å². The van der Waals surface area contributed by atoms with E-state index in [0.717, 1.165) is 11.3 Å². The van der Waals surface area contributed by atoms with Crippen molar-refractivity contribution in [3.63, 3.8) is 0 Å². The van der Waals surface area contributed by atoms with Crippen LogP contribution < -0.4 is 5.32 Å². The molecule has 6 heteroatoms. The zero-order valence-electron chi connectivity index (χ0n) is 13.7. The number of rotatable bonds is 5. The van der Waals surface area contributed by atoms with E-state index in [4.69, 9.17) is 5.11 Å². The summed E-state index contributed by atoms with van der Waals surface area (Å²) >= 11 is 0. The predicted octanol–water partition coefficient (Wildman–Crippen LogP) is 3.08. The van der Waals surface area contributed by atoms with Gasteiger partial charge in [-0.3, -0.25) is 9.78 Å². The zero-order valence-corrected chi connectivity index (χ0v) is 13.7. The molecule has 0 bridgehead atoms. The van der Waals surface area contributed by atoms with Crippen LogP contribution in [-0.4, -0.2) is 27.1 Å². The number of amides is 1. The van der Waals surface area contributed by atoms with Crippen molar-refractivity contribution in [3.05, 3.63) is 83.6 Å². The van der Waals surface area contributed by atoms with Crippen LogP contribution in [0.5, 0.6) is 5.75 Å². The van der Waals surface area contributed by atoms with Crippen LogP contribution in [0.4, 0.5) is 0 Å². The normalized spacial score (nSPS) is 10.3. The Morgan fingerprint density at radius 2 is 1.73 bits per heavy atom. The molecule has 6 nitrogen and oxygen atoms in total. The minimum atomic E-state index is -1.22. The highest BCUT2D eigenvalue weighted by molar-refractivity contribution is 5.95. The molecule has 0 saturated carbocycles. The first-order valence-electron chi connectivity index (χ1n) is 7.90. The molecular formula is C20H16N2O4. The fourth-order valence-corrected chi connectivity index (χ4v) is 2.51. The Kier molecular flexibility index (Phi) is 4.94. The standard InChI is InChI=1S/C20H16N2O4/c23-18-15(4-3-5-16(18)20(25)26)12-22-19(24)14-9-7-13(8-10-14)17-6-1-2-11-21-17/h1-11,23H,12H2,(H,22,24)(H,25,26). The van der Waals surface area contributed by atoms with E-state index in [9.17, 15) is 14.7 Å². The van der Waals surface area contributed by atoms with E-state index >= 15 is 0 Å². The molecule has 0 unspecified atom stereocenters. The van der Waals surface area contributed by atoms with Gasteiger partial charge in [-0.1, -0.05) is 30.3 Å². The largest absolute Gasteiger partial charge is 0.507 e. The number of hydrogen-bond acceptors (Lipinski definition) is 4. The lowest BCUT2D eigenvalue weighted by Gasteiger charge is -2.09. The van der Waals surface area contributed by atoms with Crippen molar-refractivity contribution in [2.24, 2.45) is 0 Å². The summed E-state index contributed by atoms with van der Waals surface area (Å²) < 4.78 is 0. The number of phenols is 1. The number of nitrogens with one attached hydrogen (secondary N) is 1. The second-order valence-corrected chi connectivity index (χ2v) is 5.59. The van der Waals surface area contributed by atoms with E-state index in [2.05, 4.69) is 10.3 Å². The number of carboxylic acid groups (broad SMARTS) is 1. The molecule has 26 heavy (non-hydrogen) atoms. The Bertz CT molecular complexity index is 938. The second kappa shape index (κ2) is 7.48. The maximum atomic E-state index is 12.3. The number of pyridine rings is 1. The minimum absolute atomic E-state index is 0.0216. The van der Waals surface area contributed by atoms with Gasteiger partial charge in [0.2, 0.25) is 0 Å². The molecule has 3 N–H and O–H groups in total. The number of aromatic carboxylic acids is 1. The molecular weight excluding hydrogens is 332 g/mol. The lowest BCUT2D eigenvalue weighted by Crippen LogP contribution is -2.23. The molecule has 0 aliphatic rings. The van der Waals surface area contributed by atoms with Crippen LogP contribution in [0.3, 0.4) is 0 Å². The highest BCUT2D eigenvalue weighted by Crippen LogP contribution is 2.22. The van der Waals surface area contributed by atoms with Gasteiger partial charge in [0.25, 0.3) is 5.91 Å². The number of carbonyl (C=O) groups excluding carboxylic acids is 1. The van der Waals surface area contributed by atoms with Gasteiger partial charge in [0.05, 0.1) is 5.69 Å². The summed E-state index contributed by atoms with van der Waals surface area (Å²) in [5.74, 6) is -1.88. The molecule has 3 rings (SSSR count).